The standard InChI is InChI=1S/C25H16BrClF3NO4/c1-2-33-22-9-14(7-17(26)23(22)34-12-13-3-5-15(28)6-4-13)8-21-25(32)35-24(31-21)16-10-19(29)20(30)11-18(16)27/h3-11H,2,12H2,1H3. The van der Waals surface area contributed by atoms with Crippen molar-refractivity contribution >= 4 is 45.5 Å². The molecule has 0 radical (unpaired) electrons. The molecule has 180 valence electrons. The first kappa shape index (κ1) is 24.8. The highest BCUT2D eigenvalue weighted by molar-refractivity contribution is 9.10. The number of cyclic esters (lactones) is 1. The van der Waals surface area contributed by atoms with Crippen molar-refractivity contribution in [3.8, 4) is 11.5 Å². The van der Waals surface area contributed by atoms with E-state index in [2.05, 4.69) is 20.9 Å². The molecule has 4 rings (SSSR count). The summed E-state index contributed by atoms with van der Waals surface area (Å²) < 4.78 is 57.4. The molecule has 0 aliphatic carbocycles. The number of carbonyl (C=O) groups is 1. The number of nitrogens with zero attached hydrogens (tertiary/aromatic N) is 1. The second kappa shape index (κ2) is 10.5. The summed E-state index contributed by atoms with van der Waals surface area (Å²) in [7, 11) is 0. The summed E-state index contributed by atoms with van der Waals surface area (Å²) >= 11 is 9.41. The number of aliphatic imine (C=N–C) groups is 1. The zero-order valence-electron chi connectivity index (χ0n) is 18.1. The van der Waals surface area contributed by atoms with Gasteiger partial charge in [-0.3, -0.25) is 0 Å². The molecular formula is C25H16BrClF3NO4. The lowest BCUT2D eigenvalue weighted by Crippen LogP contribution is -2.07. The number of benzene rings is 3. The van der Waals surface area contributed by atoms with Gasteiger partial charge in [-0.2, -0.15) is 0 Å². The molecule has 0 spiro atoms. The van der Waals surface area contributed by atoms with Crippen LogP contribution in [0.1, 0.15) is 23.6 Å². The molecule has 35 heavy (non-hydrogen) atoms. The van der Waals surface area contributed by atoms with Crippen LogP contribution in [0.4, 0.5) is 13.2 Å². The summed E-state index contributed by atoms with van der Waals surface area (Å²) in [5, 5.41) is -0.152. The van der Waals surface area contributed by atoms with Gasteiger partial charge in [-0.1, -0.05) is 23.7 Å². The molecule has 0 unspecified atom stereocenters. The van der Waals surface area contributed by atoms with Gasteiger partial charge < -0.3 is 14.2 Å². The molecule has 1 aliphatic rings. The topological polar surface area (TPSA) is 57.1 Å². The van der Waals surface area contributed by atoms with Crippen LogP contribution in [-0.2, 0) is 16.1 Å². The fourth-order valence-corrected chi connectivity index (χ4v) is 3.98. The highest BCUT2D eigenvalue weighted by Gasteiger charge is 2.27. The minimum Gasteiger partial charge on any atom is -0.490 e. The van der Waals surface area contributed by atoms with E-state index >= 15 is 0 Å². The van der Waals surface area contributed by atoms with Gasteiger partial charge in [-0.05, 0) is 76.5 Å². The average Bonchev–Trinajstić information content (AvgIpc) is 3.17. The van der Waals surface area contributed by atoms with E-state index in [1.165, 1.54) is 18.2 Å². The first-order valence-electron chi connectivity index (χ1n) is 10.3. The van der Waals surface area contributed by atoms with Gasteiger partial charge in [-0.25, -0.2) is 23.0 Å². The summed E-state index contributed by atoms with van der Waals surface area (Å²) in [4.78, 5) is 16.5. The van der Waals surface area contributed by atoms with Crippen LogP contribution in [0.5, 0.6) is 11.5 Å². The summed E-state index contributed by atoms with van der Waals surface area (Å²) in [6, 6.07) is 10.8. The van der Waals surface area contributed by atoms with Crippen LogP contribution >= 0.6 is 27.5 Å². The Morgan fingerprint density at radius 1 is 1.06 bits per heavy atom. The van der Waals surface area contributed by atoms with E-state index < -0.39 is 17.6 Å². The molecule has 0 bridgehead atoms. The number of hydrogen-bond acceptors (Lipinski definition) is 5. The lowest BCUT2D eigenvalue weighted by Gasteiger charge is -2.15. The highest BCUT2D eigenvalue weighted by Crippen LogP contribution is 2.38. The molecular weight excluding hydrogens is 551 g/mol. The SMILES string of the molecule is CCOc1cc(C=C2N=C(c3cc(F)c(F)cc3Cl)OC2=O)cc(Br)c1OCc1ccc(F)cc1. The molecule has 1 heterocycles. The molecule has 10 heteroatoms. The third-order valence-corrected chi connectivity index (χ3v) is 5.69. The molecule has 5 nitrogen and oxygen atoms in total. The van der Waals surface area contributed by atoms with Crippen molar-refractivity contribution in [3.63, 3.8) is 0 Å². The predicted molar refractivity (Wildman–Crippen MR) is 128 cm³/mol. The smallest absolute Gasteiger partial charge is 0.363 e. The van der Waals surface area contributed by atoms with Crippen LogP contribution in [0.25, 0.3) is 6.08 Å². The highest BCUT2D eigenvalue weighted by atomic mass is 79.9. The van der Waals surface area contributed by atoms with Crippen LogP contribution in [0.3, 0.4) is 0 Å². The number of rotatable bonds is 7. The third-order valence-electron chi connectivity index (χ3n) is 4.79. The van der Waals surface area contributed by atoms with E-state index in [9.17, 15) is 18.0 Å². The monoisotopic (exact) mass is 565 g/mol. The van der Waals surface area contributed by atoms with E-state index in [1.807, 2.05) is 0 Å². The normalized spacial score (nSPS) is 14.2. The summed E-state index contributed by atoms with van der Waals surface area (Å²) in [6.07, 6.45) is 1.44. The Labute approximate surface area is 211 Å². The van der Waals surface area contributed by atoms with Gasteiger partial charge in [0.2, 0.25) is 5.90 Å². The maximum atomic E-state index is 13.7. The average molecular weight is 567 g/mol. The zero-order valence-corrected chi connectivity index (χ0v) is 20.4. The fraction of sp³-hybridized carbons (Fsp3) is 0.120. The molecule has 0 amide bonds. The van der Waals surface area contributed by atoms with Crippen molar-refractivity contribution in [2.45, 2.75) is 13.5 Å². The number of halogens is 5. The Bertz CT molecular complexity index is 1360. The van der Waals surface area contributed by atoms with E-state index in [1.54, 1.807) is 31.2 Å². The van der Waals surface area contributed by atoms with Crippen LogP contribution in [-0.4, -0.2) is 18.5 Å². The van der Waals surface area contributed by atoms with Gasteiger partial charge in [0, 0.05) is 0 Å². The molecule has 3 aromatic carbocycles. The summed E-state index contributed by atoms with van der Waals surface area (Å²) in [5.74, 6) is -2.83. The van der Waals surface area contributed by atoms with Gasteiger partial charge >= 0.3 is 5.97 Å². The first-order valence-corrected chi connectivity index (χ1v) is 11.4. The maximum Gasteiger partial charge on any atom is 0.363 e. The summed E-state index contributed by atoms with van der Waals surface area (Å²) in [6.45, 7) is 2.33. The molecule has 0 N–H and O–H groups in total. The van der Waals surface area contributed by atoms with Crippen LogP contribution in [0.15, 0.2) is 63.7 Å². The predicted octanol–water partition coefficient (Wildman–Crippen LogP) is 6.84. The minimum atomic E-state index is -1.15. The van der Waals surface area contributed by atoms with Crippen molar-refractivity contribution in [1.29, 1.82) is 0 Å². The molecule has 0 fully saturated rings. The van der Waals surface area contributed by atoms with Crippen LogP contribution in [0.2, 0.25) is 5.02 Å². The Morgan fingerprint density at radius 3 is 2.49 bits per heavy atom. The molecule has 0 aromatic heterocycles. The zero-order chi connectivity index (χ0) is 25.1. The second-order valence-corrected chi connectivity index (χ2v) is 8.52. The molecule has 0 saturated carbocycles. The Morgan fingerprint density at radius 2 is 1.77 bits per heavy atom. The third kappa shape index (κ3) is 5.68. The van der Waals surface area contributed by atoms with E-state index in [-0.39, 0.29) is 34.6 Å². The molecule has 1 aliphatic heterocycles. The van der Waals surface area contributed by atoms with Crippen LogP contribution < -0.4 is 9.47 Å². The van der Waals surface area contributed by atoms with E-state index in [4.69, 9.17) is 25.8 Å². The van der Waals surface area contributed by atoms with Crippen molar-refractivity contribution < 1.29 is 32.2 Å². The van der Waals surface area contributed by atoms with Crippen molar-refractivity contribution in [1.82, 2.24) is 0 Å². The summed E-state index contributed by atoms with van der Waals surface area (Å²) in [5.41, 5.74) is 1.17. The largest absolute Gasteiger partial charge is 0.490 e. The number of ether oxygens (including phenoxy) is 3. The number of hydrogen-bond donors (Lipinski definition) is 0. The van der Waals surface area contributed by atoms with Gasteiger partial charge in [-0.15, -0.1) is 0 Å². The fourth-order valence-electron chi connectivity index (χ4n) is 3.18. The minimum absolute atomic E-state index is 0.0527. The Kier molecular flexibility index (Phi) is 7.47. The van der Waals surface area contributed by atoms with Gasteiger partial charge in [0.25, 0.3) is 0 Å². The molecule has 0 saturated heterocycles. The van der Waals surface area contributed by atoms with Gasteiger partial charge in [0.05, 0.1) is 21.7 Å². The Balaban J connectivity index is 1.63. The molecule has 3 aromatic rings. The van der Waals surface area contributed by atoms with E-state index in [0.29, 0.717) is 28.1 Å². The Hall–Kier alpha value is -3.30. The lowest BCUT2D eigenvalue weighted by atomic mass is 10.1. The molecule has 0 atom stereocenters. The second-order valence-electron chi connectivity index (χ2n) is 7.26. The first-order chi connectivity index (χ1) is 16.7. The van der Waals surface area contributed by atoms with Crippen molar-refractivity contribution in [2.75, 3.05) is 6.61 Å². The van der Waals surface area contributed by atoms with E-state index in [0.717, 1.165) is 17.7 Å². The quantitative estimate of drug-likeness (QED) is 0.178. The van der Waals surface area contributed by atoms with Gasteiger partial charge in [0.15, 0.2) is 28.8 Å². The van der Waals surface area contributed by atoms with Crippen molar-refractivity contribution in [2.24, 2.45) is 4.99 Å². The number of esters is 1. The van der Waals surface area contributed by atoms with Gasteiger partial charge in [0.1, 0.15) is 12.4 Å². The number of carbonyl (C=O) groups excluding carboxylic acids is 1. The lowest BCUT2D eigenvalue weighted by molar-refractivity contribution is -0.129. The maximum absolute atomic E-state index is 13.7. The van der Waals surface area contributed by atoms with Crippen molar-refractivity contribution in [3.05, 3.63) is 97.9 Å². The van der Waals surface area contributed by atoms with Crippen LogP contribution in [0, 0.1) is 17.5 Å².